The second kappa shape index (κ2) is 5.91. The van der Waals surface area contributed by atoms with E-state index in [1.807, 2.05) is 6.92 Å². The summed E-state index contributed by atoms with van der Waals surface area (Å²) in [5.41, 5.74) is 0. The Balaban J connectivity index is 2.84. The molecule has 1 atom stereocenters. The first-order valence-electron chi connectivity index (χ1n) is 4.74. The largest absolute Gasteiger partial charge is 0.489 e. The summed E-state index contributed by atoms with van der Waals surface area (Å²) in [7, 11) is 2.98. The molecule has 0 amide bonds. The number of halogens is 2. The van der Waals surface area contributed by atoms with Crippen LogP contribution in [-0.4, -0.2) is 28.2 Å². The zero-order chi connectivity index (χ0) is 13.1. The van der Waals surface area contributed by atoms with E-state index in [0.29, 0.717) is 12.4 Å². The lowest BCUT2D eigenvalue weighted by molar-refractivity contribution is 0.0717. The van der Waals surface area contributed by atoms with Gasteiger partial charge in [0, 0.05) is 17.8 Å². The molecule has 96 valence electrons. The van der Waals surface area contributed by atoms with Crippen molar-refractivity contribution in [2.24, 2.45) is 0 Å². The van der Waals surface area contributed by atoms with Crippen molar-refractivity contribution in [1.82, 2.24) is 0 Å². The van der Waals surface area contributed by atoms with Crippen LogP contribution in [0.2, 0.25) is 5.02 Å². The monoisotopic (exact) mass is 298 g/mol. The predicted molar refractivity (Wildman–Crippen MR) is 66.5 cm³/mol. The van der Waals surface area contributed by atoms with Gasteiger partial charge in [0.1, 0.15) is 12.4 Å². The maximum atomic E-state index is 11.1. The highest BCUT2D eigenvalue weighted by molar-refractivity contribution is 8.13. The molecule has 1 aromatic carbocycles. The average Bonchev–Trinajstić information content (AvgIpc) is 2.25. The van der Waals surface area contributed by atoms with Crippen molar-refractivity contribution in [2.45, 2.75) is 17.9 Å². The molecule has 17 heavy (non-hydrogen) atoms. The van der Waals surface area contributed by atoms with Crippen LogP contribution in [0.4, 0.5) is 0 Å². The number of methoxy groups -OCH3 is 1. The molecule has 0 spiro atoms. The van der Waals surface area contributed by atoms with Crippen molar-refractivity contribution < 1.29 is 17.9 Å². The van der Waals surface area contributed by atoms with E-state index < -0.39 is 9.05 Å². The summed E-state index contributed by atoms with van der Waals surface area (Å²) in [6.45, 7) is 2.16. The van der Waals surface area contributed by atoms with Crippen molar-refractivity contribution in [1.29, 1.82) is 0 Å². The Morgan fingerprint density at radius 3 is 2.53 bits per heavy atom. The molecule has 0 saturated carbocycles. The van der Waals surface area contributed by atoms with Crippen LogP contribution in [0.3, 0.4) is 0 Å². The summed E-state index contributed by atoms with van der Waals surface area (Å²) in [6.07, 6.45) is -0.0810. The third-order valence-corrected chi connectivity index (χ3v) is 3.71. The van der Waals surface area contributed by atoms with E-state index >= 15 is 0 Å². The molecule has 0 heterocycles. The fraction of sp³-hybridized carbons (Fsp3) is 0.400. The molecule has 0 aromatic heterocycles. The molecule has 0 aliphatic rings. The molecule has 0 bridgehead atoms. The van der Waals surface area contributed by atoms with Gasteiger partial charge in [-0.25, -0.2) is 8.42 Å². The molecule has 1 aromatic rings. The van der Waals surface area contributed by atoms with Gasteiger partial charge in [0.15, 0.2) is 0 Å². The highest BCUT2D eigenvalue weighted by Gasteiger charge is 2.13. The Morgan fingerprint density at radius 1 is 1.41 bits per heavy atom. The maximum Gasteiger partial charge on any atom is 0.261 e. The van der Waals surface area contributed by atoms with Gasteiger partial charge < -0.3 is 9.47 Å². The van der Waals surface area contributed by atoms with Gasteiger partial charge in [0.05, 0.1) is 16.0 Å². The molecular weight excluding hydrogens is 287 g/mol. The van der Waals surface area contributed by atoms with E-state index in [0.717, 1.165) is 0 Å². The summed E-state index contributed by atoms with van der Waals surface area (Å²) >= 11 is 5.87. The van der Waals surface area contributed by atoms with E-state index in [1.165, 1.54) is 18.2 Å². The van der Waals surface area contributed by atoms with Gasteiger partial charge in [-0.2, -0.15) is 0 Å². The van der Waals surface area contributed by atoms with E-state index in [1.54, 1.807) is 7.11 Å². The summed E-state index contributed by atoms with van der Waals surface area (Å²) < 4.78 is 32.5. The third kappa shape index (κ3) is 4.35. The SMILES string of the molecule is COC(C)COc1ccc(S(=O)(=O)Cl)cc1Cl. The van der Waals surface area contributed by atoms with E-state index in [9.17, 15) is 8.42 Å². The Morgan fingerprint density at radius 2 is 2.06 bits per heavy atom. The minimum atomic E-state index is -3.77. The number of ether oxygens (including phenoxy) is 2. The minimum absolute atomic E-state index is 0.0590. The Kier molecular flexibility index (Phi) is 5.06. The molecule has 0 radical (unpaired) electrons. The van der Waals surface area contributed by atoms with Crippen molar-refractivity contribution in [3.8, 4) is 5.75 Å². The molecule has 0 aliphatic carbocycles. The number of hydrogen-bond acceptors (Lipinski definition) is 4. The van der Waals surface area contributed by atoms with Crippen LogP contribution in [-0.2, 0) is 13.8 Å². The maximum absolute atomic E-state index is 11.1. The molecule has 0 N–H and O–H groups in total. The number of hydrogen-bond donors (Lipinski definition) is 0. The molecular formula is C10H12Cl2O4S. The molecule has 1 rings (SSSR count). The summed E-state index contributed by atoms with van der Waals surface area (Å²) in [5.74, 6) is 0.389. The van der Waals surface area contributed by atoms with Gasteiger partial charge in [-0.05, 0) is 25.1 Å². The molecule has 4 nitrogen and oxygen atoms in total. The number of rotatable bonds is 5. The average molecular weight is 299 g/mol. The third-order valence-electron chi connectivity index (χ3n) is 2.06. The van der Waals surface area contributed by atoms with Gasteiger partial charge >= 0.3 is 0 Å². The fourth-order valence-corrected chi connectivity index (χ4v) is 2.10. The highest BCUT2D eigenvalue weighted by Crippen LogP contribution is 2.28. The first kappa shape index (κ1) is 14.6. The van der Waals surface area contributed by atoms with Crippen LogP contribution in [0.5, 0.6) is 5.75 Å². The molecule has 7 heteroatoms. The van der Waals surface area contributed by atoms with Gasteiger partial charge in [-0.3, -0.25) is 0 Å². The predicted octanol–water partition coefficient (Wildman–Crippen LogP) is 2.68. The van der Waals surface area contributed by atoms with E-state index in [-0.39, 0.29) is 16.0 Å². The lowest BCUT2D eigenvalue weighted by atomic mass is 10.3. The Bertz CT molecular complexity index is 487. The van der Waals surface area contributed by atoms with Gasteiger partial charge in [-0.1, -0.05) is 11.6 Å². The van der Waals surface area contributed by atoms with Gasteiger partial charge in [0.2, 0.25) is 0 Å². The Labute approximate surface area is 110 Å². The fourth-order valence-electron chi connectivity index (χ4n) is 1.03. The summed E-state index contributed by atoms with van der Waals surface area (Å²) in [5, 5.41) is 0.190. The second-order valence-electron chi connectivity index (χ2n) is 3.39. The zero-order valence-corrected chi connectivity index (χ0v) is 11.6. The lowest BCUT2D eigenvalue weighted by Gasteiger charge is -2.12. The first-order valence-corrected chi connectivity index (χ1v) is 7.43. The first-order chi connectivity index (χ1) is 7.84. The molecule has 0 saturated heterocycles. The molecule has 1 unspecified atom stereocenters. The Hall–Kier alpha value is -0.490. The topological polar surface area (TPSA) is 52.6 Å². The standard InChI is InChI=1S/C10H12Cl2O4S/c1-7(15-2)6-16-10-4-3-8(5-9(10)11)17(12,13)14/h3-5,7H,6H2,1-2H3. The second-order valence-corrected chi connectivity index (χ2v) is 6.36. The van der Waals surface area contributed by atoms with Crippen molar-refractivity contribution in [2.75, 3.05) is 13.7 Å². The highest BCUT2D eigenvalue weighted by atomic mass is 35.7. The van der Waals surface area contributed by atoms with E-state index in [2.05, 4.69) is 0 Å². The lowest BCUT2D eigenvalue weighted by Crippen LogP contribution is -2.16. The van der Waals surface area contributed by atoms with Crippen molar-refractivity contribution in [3.63, 3.8) is 0 Å². The van der Waals surface area contributed by atoms with Crippen LogP contribution < -0.4 is 4.74 Å². The van der Waals surface area contributed by atoms with Crippen molar-refractivity contribution in [3.05, 3.63) is 23.2 Å². The van der Waals surface area contributed by atoms with Crippen LogP contribution in [0.15, 0.2) is 23.1 Å². The smallest absolute Gasteiger partial charge is 0.261 e. The van der Waals surface area contributed by atoms with Gasteiger partial charge in [0.25, 0.3) is 9.05 Å². The minimum Gasteiger partial charge on any atom is -0.489 e. The molecule has 0 fully saturated rings. The van der Waals surface area contributed by atoms with E-state index in [4.69, 9.17) is 31.8 Å². The normalized spacial score (nSPS) is 13.4. The van der Waals surface area contributed by atoms with Gasteiger partial charge in [-0.15, -0.1) is 0 Å². The van der Waals surface area contributed by atoms with Crippen LogP contribution in [0, 0.1) is 0 Å². The van der Waals surface area contributed by atoms with Crippen molar-refractivity contribution >= 4 is 31.3 Å². The van der Waals surface area contributed by atoms with Crippen LogP contribution >= 0.6 is 22.3 Å². The van der Waals surface area contributed by atoms with Crippen LogP contribution in [0.1, 0.15) is 6.92 Å². The zero-order valence-electron chi connectivity index (χ0n) is 9.31. The molecule has 0 aliphatic heterocycles. The summed E-state index contributed by atoms with van der Waals surface area (Å²) in [4.78, 5) is -0.0590. The van der Waals surface area contributed by atoms with Crippen LogP contribution in [0.25, 0.3) is 0 Å². The number of benzene rings is 1. The summed E-state index contributed by atoms with van der Waals surface area (Å²) in [6, 6.07) is 4.04. The quantitative estimate of drug-likeness (QED) is 0.784.